The average Bonchev–Trinajstić information content (AvgIpc) is 2.60. The van der Waals surface area contributed by atoms with E-state index in [-0.39, 0.29) is 30.5 Å². The molecule has 0 aliphatic rings. The third-order valence-electron chi connectivity index (χ3n) is 3.09. The zero-order valence-corrected chi connectivity index (χ0v) is 15.6. The van der Waals surface area contributed by atoms with E-state index in [1.165, 1.54) is 0 Å². The summed E-state index contributed by atoms with van der Waals surface area (Å²) in [5.74, 6) is -1.08. The topological polar surface area (TPSA) is 106 Å². The van der Waals surface area contributed by atoms with E-state index in [9.17, 15) is 14.4 Å². The molecule has 26 heavy (non-hydrogen) atoms. The average molecular weight is 381 g/mol. The number of anilines is 1. The molecule has 0 atom stereocenters. The zero-order chi connectivity index (χ0) is 19.4. The van der Waals surface area contributed by atoms with Crippen LogP contribution < -0.4 is 16.0 Å². The van der Waals surface area contributed by atoms with Gasteiger partial charge in [-0.3, -0.25) is 14.4 Å². The summed E-state index contributed by atoms with van der Waals surface area (Å²) < 4.78 is 9.63. The zero-order valence-electron chi connectivity index (χ0n) is 14.8. The van der Waals surface area contributed by atoms with E-state index in [0.29, 0.717) is 24.4 Å². The lowest BCUT2D eigenvalue weighted by atomic mass is 10.2. The summed E-state index contributed by atoms with van der Waals surface area (Å²) in [6.45, 7) is 2.80. The quantitative estimate of drug-likeness (QED) is 0.335. The first-order chi connectivity index (χ1) is 12.5. The third-order valence-corrected chi connectivity index (χ3v) is 3.29. The highest BCUT2D eigenvalue weighted by atomic mass is 32.1. The van der Waals surface area contributed by atoms with Gasteiger partial charge in [-0.1, -0.05) is 6.07 Å². The molecule has 0 heterocycles. The Bertz CT molecular complexity index is 651. The van der Waals surface area contributed by atoms with Crippen molar-refractivity contribution in [3.63, 3.8) is 0 Å². The van der Waals surface area contributed by atoms with Crippen LogP contribution in [0, 0.1) is 0 Å². The molecule has 0 aliphatic carbocycles. The second-order valence-corrected chi connectivity index (χ2v) is 5.55. The van der Waals surface area contributed by atoms with Gasteiger partial charge in [-0.2, -0.15) is 0 Å². The first kappa shape index (κ1) is 21.5. The summed E-state index contributed by atoms with van der Waals surface area (Å²) >= 11 is 5.06. The summed E-state index contributed by atoms with van der Waals surface area (Å²) in [6, 6.07) is 6.68. The number of rotatable bonds is 9. The number of hydrogen-bond acceptors (Lipinski definition) is 6. The van der Waals surface area contributed by atoms with E-state index in [1.807, 2.05) is 0 Å². The van der Waals surface area contributed by atoms with E-state index in [1.54, 1.807) is 38.3 Å². The van der Waals surface area contributed by atoms with Gasteiger partial charge in [-0.05, 0) is 37.3 Å². The van der Waals surface area contributed by atoms with Crippen LogP contribution in [-0.4, -0.2) is 49.8 Å². The third kappa shape index (κ3) is 8.54. The number of carbonyl (C=O) groups excluding carboxylic acids is 3. The highest BCUT2D eigenvalue weighted by molar-refractivity contribution is 7.80. The number of esters is 1. The fraction of sp³-hybridized carbons (Fsp3) is 0.412. The van der Waals surface area contributed by atoms with Gasteiger partial charge in [0.25, 0.3) is 5.91 Å². The molecule has 0 aromatic heterocycles. The van der Waals surface area contributed by atoms with Gasteiger partial charge in [-0.25, -0.2) is 0 Å². The number of benzene rings is 1. The molecular formula is C17H23N3O5S. The van der Waals surface area contributed by atoms with Crippen LogP contribution in [0.15, 0.2) is 24.3 Å². The number of nitrogens with one attached hydrogen (secondary N) is 3. The molecule has 8 nitrogen and oxygen atoms in total. The smallest absolute Gasteiger partial charge is 0.306 e. The Kier molecular flexibility index (Phi) is 9.88. The molecule has 0 spiro atoms. The Morgan fingerprint density at radius 2 is 1.96 bits per heavy atom. The van der Waals surface area contributed by atoms with Crippen molar-refractivity contribution in [3.05, 3.63) is 29.8 Å². The van der Waals surface area contributed by atoms with Gasteiger partial charge in [0.05, 0.1) is 19.6 Å². The van der Waals surface area contributed by atoms with Gasteiger partial charge < -0.3 is 25.4 Å². The molecule has 9 heteroatoms. The second-order valence-electron chi connectivity index (χ2n) is 5.14. The maximum Gasteiger partial charge on any atom is 0.306 e. The molecule has 0 saturated carbocycles. The molecular weight excluding hydrogens is 358 g/mol. The molecule has 1 aromatic rings. The van der Waals surface area contributed by atoms with Crippen molar-refractivity contribution in [2.45, 2.75) is 19.8 Å². The molecule has 142 valence electrons. The number of carbonyl (C=O) groups is 3. The Hall–Kier alpha value is -2.52. The number of amides is 2. The Balaban J connectivity index is 2.48. The van der Waals surface area contributed by atoms with Crippen LogP contribution in [0.1, 0.15) is 30.1 Å². The number of ether oxygens (including phenoxy) is 2. The molecule has 0 aliphatic heterocycles. The minimum Gasteiger partial charge on any atom is -0.466 e. The summed E-state index contributed by atoms with van der Waals surface area (Å²) in [4.78, 5) is 35.0. The van der Waals surface area contributed by atoms with Crippen molar-refractivity contribution in [3.8, 4) is 0 Å². The maximum atomic E-state index is 12.0. The van der Waals surface area contributed by atoms with Gasteiger partial charge in [0.15, 0.2) is 5.11 Å². The van der Waals surface area contributed by atoms with Crippen molar-refractivity contribution in [2.75, 3.05) is 32.2 Å². The maximum absolute atomic E-state index is 12.0. The summed E-state index contributed by atoms with van der Waals surface area (Å²) in [5, 5.41) is 8.09. The first-order valence-corrected chi connectivity index (χ1v) is 8.50. The van der Waals surface area contributed by atoms with E-state index in [4.69, 9.17) is 21.7 Å². The fourth-order valence-electron chi connectivity index (χ4n) is 1.91. The largest absolute Gasteiger partial charge is 0.466 e. The Morgan fingerprint density at radius 1 is 1.19 bits per heavy atom. The van der Waals surface area contributed by atoms with Crippen molar-refractivity contribution in [2.24, 2.45) is 0 Å². The Morgan fingerprint density at radius 3 is 2.65 bits per heavy atom. The minimum atomic E-state index is -0.436. The number of hydrogen-bond donors (Lipinski definition) is 3. The van der Waals surface area contributed by atoms with Crippen LogP contribution in [0.4, 0.5) is 5.69 Å². The standard InChI is InChI=1S/C17H23N3O5S/c1-3-25-15(22)8-7-14(21)20-17(26)19-13-6-4-5-12(11-13)16(23)18-9-10-24-2/h4-6,11H,3,7-10H2,1-2H3,(H,18,23)(H2,19,20,21,26). The molecule has 3 N–H and O–H groups in total. The lowest BCUT2D eigenvalue weighted by Crippen LogP contribution is -2.34. The first-order valence-electron chi connectivity index (χ1n) is 8.10. The lowest BCUT2D eigenvalue weighted by molar-refractivity contribution is -0.144. The molecule has 2 amide bonds. The van der Waals surface area contributed by atoms with Crippen LogP contribution in [-0.2, 0) is 19.1 Å². The van der Waals surface area contributed by atoms with Gasteiger partial charge in [0.2, 0.25) is 5.91 Å². The van der Waals surface area contributed by atoms with E-state index < -0.39 is 11.9 Å². The highest BCUT2D eigenvalue weighted by Gasteiger charge is 2.10. The van der Waals surface area contributed by atoms with E-state index >= 15 is 0 Å². The van der Waals surface area contributed by atoms with Crippen molar-refractivity contribution < 1.29 is 23.9 Å². The van der Waals surface area contributed by atoms with E-state index in [2.05, 4.69) is 16.0 Å². The molecule has 0 radical (unpaired) electrons. The molecule has 1 rings (SSSR count). The summed E-state index contributed by atoms with van der Waals surface area (Å²) in [7, 11) is 1.55. The van der Waals surface area contributed by atoms with Gasteiger partial charge >= 0.3 is 5.97 Å². The fourth-order valence-corrected chi connectivity index (χ4v) is 2.14. The lowest BCUT2D eigenvalue weighted by Gasteiger charge is -2.11. The number of thiocarbonyl (C=S) groups is 1. The normalized spacial score (nSPS) is 9.92. The van der Waals surface area contributed by atoms with Crippen LogP contribution in [0.25, 0.3) is 0 Å². The second kappa shape index (κ2) is 11.9. The van der Waals surface area contributed by atoms with Crippen LogP contribution in [0.5, 0.6) is 0 Å². The van der Waals surface area contributed by atoms with Gasteiger partial charge in [0.1, 0.15) is 0 Å². The van der Waals surface area contributed by atoms with Crippen LogP contribution in [0.2, 0.25) is 0 Å². The van der Waals surface area contributed by atoms with Crippen molar-refractivity contribution in [1.82, 2.24) is 10.6 Å². The molecule has 0 saturated heterocycles. The SMILES string of the molecule is CCOC(=O)CCC(=O)NC(=S)Nc1cccc(C(=O)NCCOC)c1. The predicted molar refractivity (Wildman–Crippen MR) is 101 cm³/mol. The van der Waals surface area contributed by atoms with Crippen LogP contribution >= 0.6 is 12.2 Å². The van der Waals surface area contributed by atoms with Gasteiger partial charge in [-0.15, -0.1) is 0 Å². The number of methoxy groups -OCH3 is 1. The van der Waals surface area contributed by atoms with Gasteiger partial charge in [0, 0.05) is 31.3 Å². The summed E-state index contributed by atoms with van der Waals surface area (Å²) in [5.41, 5.74) is 1.00. The monoisotopic (exact) mass is 381 g/mol. The van der Waals surface area contributed by atoms with Crippen molar-refractivity contribution in [1.29, 1.82) is 0 Å². The van der Waals surface area contributed by atoms with Crippen LogP contribution in [0.3, 0.4) is 0 Å². The molecule has 1 aromatic carbocycles. The summed E-state index contributed by atoms with van der Waals surface area (Å²) in [6.07, 6.45) is -0.0397. The van der Waals surface area contributed by atoms with Crippen molar-refractivity contribution >= 4 is 40.8 Å². The predicted octanol–water partition coefficient (Wildman–Crippen LogP) is 1.22. The Labute approximate surface area is 157 Å². The molecule has 0 bridgehead atoms. The minimum absolute atomic E-state index is 0.0145. The molecule has 0 fully saturated rings. The van der Waals surface area contributed by atoms with E-state index in [0.717, 1.165) is 0 Å². The highest BCUT2D eigenvalue weighted by Crippen LogP contribution is 2.10. The molecule has 0 unspecified atom stereocenters.